The minimum atomic E-state index is -0.470. The number of aryl methyl sites for hydroxylation is 1. The Kier molecular flexibility index (Phi) is 4.16. The van der Waals surface area contributed by atoms with Crippen LogP contribution < -0.4 is 10.9 Å². The maximum atomic E-state index is 13.6. The lowest BCUT2D eigenvalue weighted by Gasteiger charge is -2.18. The number of halogens is 1. The van der Waals surface area contributed by atoms with Crippen LogP contribution in [-0.4, -0.2) is 20.7 Å². The highest BCUT2D eigenvalue weighted by atomic mass is 19.1. The summed E-state index contributed by atoms with van der Waals surface area (Å²) in [5, 5.41) is 7.36. The van der Waals surface area contributed by atoms with Crippen molar-refractivity contribution in [3.05, 3.63) is 64.0 Å². The molecular formula is C17H17FN4O2. The first kappa shape index (κ1) is 15.9. The number of nitrogens with zero attached hydrogens (tertiary/aromatic N) is 2. The highest BCUT2D eigenvalue weighted by molar-refractivity contribution is 6.06. The van der Waals surface area contributed by atoms with Crippen molar-refractivity contribution in [3.63, 3.8) is 0 Å². The Bertz CT molecular complexity index is 961. The van der Waals surface area contributed by atoms with Crippen molar-refractivity contribution in [1.29, 1.82) is 0 Å². The molecule has 0 unspecified atom stereocenters. The summed E-state index contributed by atoms with van der Waals surface area (Å²) in [6.07, 6.45) is 2.31. The van der Waals surface area contributed by atoms with E-state index in [0.29, 0.717) is 17.3 Å². The molecule has 1 atom stereocenters. The summed E-state index contributed by atoms with van der Waals surface area (Å²) in [6, 6.07) is 6.68. The maximum absolute atomic E-state index is 13.6. The van der Waals surface area contributed by atoms with E-state index in [9.17, 15) is 14.0 Å². The number of H-pyrrole nitrogens is 1. The van der Waals surface area contributed by atoms with Crippen LogP contribution in [-0.2, 0) is 7.05 Å². The number of aromatic nitrogens is 3. The third-order valence-electron chi connectivity index (χ3n) is 3.98. The van der Waals surface area contributed by atoms with Crippen LogP contribution >= 0.6 is 0 Å². The lowest BCUT2D eigenvalue weighted by Crippen LogP contribution is -2.30. The van der Waals surface area contributed by atoms with Gasteiger partial charge in [0.15, 0.2) is 0 Å². The SMILES string of the molecule is CC[C@@H](NC(=O)c1cc(=O)[nH]c2ccc(F)cc12)c1ccnn1C. The van der Waals surface area contributed by atoms with Crippen LogP contribution in [0.2, 0.25) is 0 Å². The number of aromatic amines is 1. The Balaban J connectivity index is 2.01. The second-order valence-electron chi connectivity index (χ2n) is 5.55. The van der Waals surface area contributed by atoms with Crippen molar-refractivity contribution in [2.45, 2.75) is 19.4 Å². The molecule has 0 bridgehead atoms. The van der Waals surface area contributed by atoms with E-state index >= 15 is 0 Å². The standard InChI is InChI=1S/C17H17FN4O2/c1-3-13(15-6-7-19-22(15)2)21-17(24)12-9-16(23)20-14-5-4-10(18)8-11(12)14/h4-9,13H,3H2,1-2H3,(H,20,23)(H,21,24)/t13-/m1/s1. The highest BCUT2D eigenvalue weighted by Crippen LogP contribution is 2.20. The molecule has 2 aromatic heterocycles. The monoisotopic (exact) mass is 328 g/mol. The molecule has 3 aromatic rings. The van der Waals surface area contributed by atoms with Gasteiger partial charge in [0.1, 0.15) is 5.82 Å². The van der Waals surface area contributed by atoms with Crippen LogP contribution in [0.25, 0.3) is 10.9 Å². The minimum absolute atomic E-state index is 0.147. The number of amides is 1. The average molecular weight is 328 g/mol. The average Bonchev–Trinajstić information content (AvgIpc) is 2.98. The van der Waals surface area contributed by atoms with Gasteiger partial charge in [0.2, 0.25) is 5.56 Å². The summed E-state index contributed by atoms with van der Waals surface area (Å²) >= 11 is 0. The van der Waals surface area contributed by atoms with Gasteiger partial charge < -0.3 is 10.3 Å². The molecule has 0 saturated heterocycles. The molecular weight excluding hydrogens is 311 g/mol. The van der Waals surface area contributed by atoms with Crippen molar-refractivity contribution in [1.82, 2.24) is 20.1 Å². The van der Waals surface area contributed by atoms with E-state index < -0.39 is 17.3 Å². The zero-order chi connectivity index (χ0) is 17.3. The molecule has 3 rings (SSSR count). The number of hydrogen-bond donors (Lipinski definition) is 2. The molecule has 6 nitrogen and oxygen atoms in total. The molecule has 0 fully saturated rings. The second kappa shape index (κ2) is 6.27. The Hall–Kier alpha value is -2.96. The van der Waals surface area contributed by atoms with E-state index in [-0.39, 0.29) is 11.6 Å². The molecule has 1 aromatic carbocycles. The normalized spacial score (nSPS) is 12.3. The van der Waals surface area contributed by atoms with Crippen molar-refractivity contribution < 1.29 is 9.18 Å². The van der Waals surface area contributed by atoms with E-state index in [1.807, 2.05) is 13.0 Å². The van der Waals surface area contributed by atoms with Gasteiger partial charge in [0, 0.05) is 30.2 Å². The number of benzene rings is 1. The first-order chi connectivity index (χ1) is 11.5. The minimum Gasteiger partial charge on any atom is -0.344 e. The number of rotatable bonds is 4. The van der Waals surface area contributed by atoms with Crippen molar-refractivity contribution in [3.8, 4) is 0 Å². The number of fused-ring (bicyclic) bond motifs is 1. The van der Waals surface area contributed by atoms with Gasteiger partial charge >= 0.3 is 0 Å². The summed E-state index contributed by atoms with van der Waals surface area (Å²) in [7, 11) is 1.79. The van der Waals surface area contributed by atoms with Gasteiger partial charge in [-0.25, -0.2) is 4.39 Å². The number of carbonyl (C=O) groups excluding carboxylic acids is 1. The summed E-state index contributed by atoms with van der Waals surface area (Å²) in [5.41, 5.74) is 1.01. The van der Waals surface area contributed by atoms with E-state index in [1.165, 1.54) is 24.3 Å². The summed E-state index contributed by atoms with van der Waals surface area (Å²) in [6.45, 7) is 1.94. The Morgan fingerprint density at radius 2 is 2.17 bits per heavy atom. The zero-order valence-corrected chi connectivity index (χ0v) is 13.3. The van der Waals surface area contributed by atoms with Gasteiger partial charge in [-0.2, -0.15) is 5.10 Å². The van der Waals surface area contributed by atoms with E-state index in [0.717, 1.165) is 5.69 Å². The number of carbonyl (C=O) groups is 1. The summed E-state index contributed by atoms with van der Waals surface area (Å²) in [4.78, 5) is 27.1. The van der Waals surface area contributed by atoms with Gasteiger partial charge in [0.25, 0.3) is 5.91 Å². The van der Waals surface area contributed by atoms with Crippen LogP contribution in [0.4, 0.5) is 4.39 Å². The highest BCUT2D eigenvalue weighted by Gasteiger charge is 2.19. The van der Waals surface area contributed by atoms with E-state index in [2.05, 4.69) is 15.4 Å². The first-order valence-corrected chi connectivity index (χ1v) is 7.61. The molecule has 0 saturated carbocycles. The van der Waals surface area contributed by atoms with E-state index in [1.54, 1.807) is 17.9 Å². The fraction of sp³-hybridized carbons (Fsp3) is 0.235. The molecule has 2 N–H and O–H groups in total. The van der Waals surface area contributed by atoms with Crippen molar-refractivity contribution in [2.24, 2.45) is 7.05 Å². The maximum Gasteiger partial charge on any atom is 0.252 e. The van der Waals surface area contributed by atoms with Crippen LogP contribution in [0.5, 0.6) is 0 Å². The molecule has 124 valence electrons. The van der Waals surface area contributed by atoms with Gasteiger partial charge in [-0.05, 0) is 30.7 Å². The smallest absolute Gasteiger partial charge is 0.252 e. The molecule has 0 aliphatic rings. The number of hydrogen-bond acceptors (Lipinski definition) is 3. The lowest BCUT2D eigenvalue weighted by molar-refractivity contribution is 0.0935. The Morgan fingerprint density at radius 1 is 1.38 bits per heavy atom. The Labute approximate surface area is 137 Å². The Morgan fingerprint density at radius 3 is 2.83 bits per heavy atom. The van der Waals surface area contributed by atoms with Crippen LogP contribution in [0.1, 0.15) is 35.4 Å². The molecule has 0 radical (unpaired) electrons. The largest absolute Gasteiger partial charge is 0.344 e. The van der Waals surface area contributed by atoms with Crippen LogP contribution in [0.3, 0.4) is 0 Å². The van der Waals surface area contributed by atoms with Gasteiger partial charge in [-0.1, -0.05) is 6.92 Å². The second-order valence-corrected chi connectivity index (χ2v) is 5.55. The predicted molar refractivity (Wildman–Crippen MR) is 88.2 cm³/mol. The molecule has 0 aliphatic carbocycles. The summed E-state index contributed by atoms with van der Waals surface area (Å²) in [5.74, 6) is -0.896. The lowest BCUT2D eigenvalue weighted by atomic mass is 10.1. The van der Waals surface area contributed by atoms with Crippen molar-refractivity contribution in [2.75, 3.05) is 0 Å². The van der Waals surface area contributed by atoms with Gasteiger partial charge in [0.05, 0.1) is 17.3 Å². The fourth-order valence-corrected chi connectivity index (χ4v) is 2.76. The predicted octanol–water partition coefficient (Wildman–Crippen LogP) is 2.28. The van der Waals surface area contributed by atoms with Crippen LogP contribution in [0, 0.1) is 5.82 Å². The van der Waals surface area contributed by atoms with Gasteiger partial charge in [-0.15, -0.1) is 0 Å². The van der Waals surface area contributed by atoms with E-state index in [4.69, 9.17) is 0 Å². The number of nitrogens with one attached hydrogen (secondary N) is 2. The molecule has 24 heavy (non-hydrogen) atoms. The van der Waals surface area contributed by atoms with Crippen molar-refractivity contribution >= 4 is 16.8 Å². The van der Waals surface area contributed by atoms with Gasteiger partial charge in [-0.3, -0.25) is 14.3 Å². The number of pyridine rings is 1. The molecule has 0 spiro atoms. The quantitative estimate of drug-likeness (QED) is 0.771. The molecule has 7 heteroatoms. The third-order valence-corrected chi connectivity index (χ3v) is 3.98. The zero-order valence-electron chi connectivity index (χ0n) is 13.3. The fourth-order valence-electron chi connectivity index (χ4n) is 2.76. The molecule has 2 heterocycles. The summed E-state index contributed by atoms with van der Waals surface area (Å²) < 4.78 is 15.2. The third kappa shape index (κ3) is 2.92. The molecule has 0 aliphatic heterocycles. The molecule has 1 amide bonds. The first-order valence-electron chi connectivity index (χ1n) is 7.61. The van der Waals surface area contributed by atoms with Crippen LogP contribution in [0.15, 0.2) is 41.3 Å². The topological polar surface area (TPSA) is 79.8 Å².